The second-order valence-electron chi connectivity index (χ2n) is 4.98. The standard InChI is InChI=1S/C16H21N5/c1-13(2)10-18-16(17)19-11-14-6-3-4-7-15(14)12-21-9-5-8-20-21/h3-9H,1,10-12H2,2H3,(H3,17,18,19). The molecule has 1 aromatic heterocycles. The molecular formula is C16H21N5. The molecule has 0 fully saturated rings. The van der Waals surface area contributed by atoms with Crippen molar-refractivity contribution in [1.82, 2.24) is 15.1 Å². The van der Waals surface area contributed by atoms with E-state index in [0.29, 0.717) is 19.0 Å². The third-order valence-corrected chi connectivity index (χ3v) is 3.00. The summed E-state index contributed by atoms with van der Waals surface area (Å²) in [6.45, 7) is 7.69. The van der Waals surface area contributed by atoms with Crippen molar-refractivity contribution in [3.05, 3.63) is 66.0 Å². The predicted octanol–water partition coefficient (Wildman–Crippen LogP) is 1.91. The van der Waals surface area contributed by atoms with E-state index in [0.717, 1.165) is 17.7 Å². The van der Waals surface area contributed by atoms with E-state index in [9.17, 15) is 0 Å². The minimum absolute atomic E-state index is 0.437. The van der Waals surface area contributed by atoms with Crippen LogP contribution >= 0.6 is 0 Å². The Morgan fingerprint density at radius 3 is 2.76 bits per heavy atom. The van der Waals surface area contributed by atoms with Crippen molar-refractivity contribution >= 4 is 5.96 Å². The van der Waals surface area contributed by atoms with Gasteiger partial charge in [0.1, 0.15) is 0 Å². The van der Waals surface area contributed by atoms with Gasteiger partial charge in [0.15, 0.2) is 5.96 Å². The zero-order valence-corrected chi connectivity index (χ0v) is 12.3. The smallest absolute Gasteiger partial charge is 0.189 e. The summed E-state index contributed by atoms with van der Waals surface area (Å²) in [5.41, 5.74) is 9.20. The zero-order valence-electron chi connectivity index (χ0n) is 12.3. The van der Waals surface area contributed by atoms with E-state index in [1.807, 2.05) is 36.0 Å². The molecule has 1 heterocycles. The van der Waals surface area contributed by atoms with Gasteiger partial charge in [-0.1, -0.05) is 36.4 Å². The summed E-state index contributed by atoms with van der Waals surface area (Å²) in [6, 6.07) is 10.1. The van der Waals surface area contributed by atoms with Crippen molar-refractivity contribution in [3.63, 3.8) is 0 Å². The molecule has 1 aromatic carbocycles. The Bertz CT molecular complexity index is 613. The lowest BCUT2D eigenvalue weighted by Gasteiger charge is -2.09. The van der Waals surface area contributed by atoms with Crippen LogP contribution in [0.15, 0.2) is 59.9 Å². The van der Waals surface area contributed by atoms with Crippen LogP contribution in [-0.2, 0) is 13.1 Å². The maximum absolute atomic E-state index is 5.84. The van der Waals surface area contributed by atoms with Crippen LogP contribution in [0, 0.1) is 0 Å². The summed E-state index contributed by atoms with van der Waals surface area (Å²) in [4.78, 5) is 4.37. The van der Waals surface area contributed by atoms with Gasteiger partial charge in [-0.2, -0.15) is 5.10 Å². The van der Waals surface area contributed by atoms with Gasteiger partial charge in [0.2, 0.25) is 0 Å². The van der Waals surface area contributed by atoms with Crippen LogP contribution in [0.3, 0.4) is 0 Å². The topological polar surface area (TPSA) is 68.2 Å². The van der Waals surface area contributed by atoms with Gasteiger partial charge in [0.25, 0.3) is 0 Å². The Kier molecular flexibility index (Phi) is 5.15. The molecule has 0 radical (unpaired) electrons. The average molecular weight is 283 g/mol. The van der Waals surface area contributed by atoms with Crippen molar-refractivity contribution in [2.75, 3.05) is 6.54 Å². The van der Waals surface area contributed by atoms with Gasteiger partial charge in [-0.05, 0) is 24.1 Å². The molecule has 3 N–H and O–H groups in total. The highest BCUT2D eigenvalue weighted by Crippen LogP contribution is 2.11. The van der Waals surface area contributed by atoms with Crippen LogP contribution in [0.1, 0.15) is 18.1 Å². The minimum atomic E-state index is 0.437. The SMILES string of the molecule is C=C(C)CNC(N)=NCc1ccccc1Cn1cccn1. The Balaban J connectivity index is 2.02. The average Bonchev–Trinajstić information content (AvgIpc) is 2.97. The lowest BCUT2D eigenvalue weighted by Crippen LogP contribution is -2.32. The van der Waals surface area contributed by atoms with Crippen molar-refractivity contribution in [2.24, 2.45) is 10.7 Å². The highest BCUT2D eigenvalue weighted by Gasteiger charge is 2.02. The van der Waals surface area contributed by atoms with Crippen molar-refractivity contribution < 1.29 is 0 Å². The molecule has 0 amide bonds. The first-order chi connectivity index (χ1) is 10.1. The summed E-state index contributed by atoms with van der Waals surface area (Å²) in [7, 11) is 0. The molecule has 110 valence electrons. The van der Waals surface area contributed by atoms with E-state index >= 15 is 0 Å². The molecule has 0 saturated carbocycles. The highest BCUT2D eigenvalue weighted by molar-refractivity contribution is 5.78. The highest BCUT2D eigenvalue weighted by atomic mass is 15.3. The van der Waals surface area contributed by atoms with Gasteiger partial charge in [0, 0.05) is 18.9 Å². The zero-order chi connectivity index (χ0) is 15.1. The van der Waals surface area contributed by atoms with Gasteiger partial charge < -0.3 is 11.1 Å². The Labute approximate surface area is 125 Å². The Morgan fingerprint density at radius 2 is 2.10 bits per heavy atom. The molecule has 0 aliphatic heterocycles. The maximum Gasteiger partial charge on any atom is 0.189 e. The number of guanidine groups is 1. The van der Waals surface area contributed by atoms with E-state index in [1.165, 1.54) is 5.56 Å². The largest absolute Gasteiger partial charge is 0.370 e. The van der Waals surface area contributed by atoms with Crippen molar-refractivity contribution in [1.29, 1.82) is 0 Å². The van der Waals surface area contributed by atoms with Crippen molar-refractivity contribution in [2.45, 2.75) is 20.0 Å². The number of hydrogen-bond donors (Lipinski definition) is 2. The van der Waals surface area contributed by atoms with E-state index in [-0.39, 0.29) is 0 Å². The van der Waals surface area contributed by atoms with Gasteiger partial charge in [-0.25, -0.2) is 4.99 Å². The van der Waals surface area contributed by atoms with Gasteiger partial charge in [-0.3, -0.25) is 4.68 Å². The molecule has 0 spiro atoms. The molecule has 0 aliphatic rings. The molecule has 5 heteroatoms. The van der Waals surface area contributed by atoms with E-state index in [4.69, 9.17) is 5.73 Å². The van der Waals surface area contributed by atoms with E-state index in [1.54, 1.807) is 6.20 Å². The molecule has 5 nitrogen and oxygen atoms in total. The Hall–Kier alpha value is -2.56. The first-order valence-corrected chi connectivity index (χ1v) is 6.87. The summed E-state index contributed by atoms with van der Waals surface area (Å²) in [6.07, 6.45) is 3.73. The molecule has 0 unspecified atom stereocenters. The molecule has 2 rings (SSSR count). The van der Waals surface area contributed by atoms with Gasteiger partial charge >= 0.3 is 0 Å². The summed E-state index contributed by atoms with van der Waals surface area (Å²) < 4.78 is 1.89. The van der Waals surface area contributed by atoms with Crippen LogP contribution in [0.2, 0.25) is 0 Å². The molecule has 0 atom stereocenters. The second kappa shape index (κ2) is 7.28. The molecule has 0 aliphatic carbocycles. The predicted molar refractivity (Wildman–Crippen MR) is 85.9 cm³/mol. The van der Waals surface area contributed by atoms with Crippen molar-refractivity contribution in [3.8, 4) is 0 Å². The third-order valence-electron chi connectivity index (χ3n) is 3.00. The van der Waals surface area contributed by atoms with Gasteiger partial charge in [0.05, 0.1) is 13.1 Å². The fourth-order valence-corrected chi connectivity index (χ4v) is 1.90. The third kappa shape index (κ3) is 4.80. The normalized spacial score (nSPS) is 11.4. The molecule has 0 bridgehead atoms. The molecule has 0 saturated heterocycles. The lowest BCUT2D eigenvalue weighted by molar-refractivity contribution is 0.681. The molecule has 21 heavy (non-hydrogen) atoms. The van der Waals surface area contributed by atoms with Crippen LogP contribution in [-0.4, -0.2) is 22.3 Å². The second-order valence-corrected chi connectivity index (χ2v) is 4.98. The number of aliphatic imine (C=N–C) groups is 1. The number of hydrogen-bond acceptors (Lipinski definition) is 2. The summed E-state index contributed by atoms with van der Waals surface area (Å²) >= 11 is 0. The minimum Gasteiger partial charge on any atom is -0.370 e. The Morgan fingerprint density at radius 1 is 1.33 bits per heavy atom. The fraction of sp³-hybridized carbons (Fsp3) is 0.250. The van der Waals surface area contributed by atoms with Crippen LogP contribution in [0.25, 0.3) is 0 Å². The fourth-order valence-electron chi connectivity index (χ4n) is 1.90. The van der Waals surface area contributed by atoms with Crippen LogP contribution in [0.5, 0.6) is 0 Å². The molecular weight excluding hydrogens is 262 g/mol. The van der Waals surface area contributed by atoms with Gasteiger partial charge in [-0.15, -0.1) is 0 Å². The summed E-state index contributed by atoms with van der Waals surface area (Å²) in [5, 5.41) is 7.26. The quantitative estimate of drug-likeness (QED) is 0.483. The number of aromatic nitrogens is 2. The first kappa shape index (κ1) is 14.8. The molecule has 2 aromatic rings. The number of rotatable bonds is 6. The number of nitrogens with zero attached hydrogens (tertiary/aromatic N) is 3. The van der Waals surface area contributed by atoms with Crippen LogP contribution in [0.4, 0.5) is 0 Å². The van der Waals surface area contributed by atoms with E-state index < -0.39 is 0 Å². The number of benzene rings is 1. The number of nitrogens with one attached hydrogen (secondary N) is 1. The number of nitrogens with two attached hydrogens (primary N) is 1. The lowest BCUT2D eigenvalue weighted by atomic mass is 10.1. The van der Waals surface area contributed by atoms with Crippen LogP contribution < -0.4 is 11.1 Å². The summed E-state index contributed by atoms with van der Waals surface area (Å²) in [5.74, 6) is 0.437. The maximum atomic E-state index is 5.84. The monoisotopic (exact) mass is 283 g/mol. The first-order valence-electron chi connectivity index (χ1n) is 6.87. The van der Waals surface area contributed by atoms with E-state index in [2.05, 4.69) is 34.1 Å².